The van der Waals surface area contributed by atoms with Crippen LogP contribution >= 0.6 is 11.6 Å². The van der Waals surface area contributed by atoms with Crippen LogP contribution in [0.2, 0.25) is 5.02 Å². The maximum Gasteiger partial charge on any atom is 0.407 e. The van der Waals surface area contributed by atoms with Crippen LogP contribution in [0.15, 0.2) is 54.7 Å². The van der Waals surface area contributed by atoms with Crippen LogP contribution in [0.4, 0.5) is 19.4 Å². The van der Waals surface area contributed by atoms with Gasteiger partial charge in [-0.15, -0.1) is 0 Å². The van der Waals surface area contributed by atoms with Crippen molar-refractivity contribution in [1.82, 2.24) is 14.7 Å². The largest absolute Gasteiger partial charge is 0.485 e. The molecule has 11 heteroatoms. The number of hydrogen-bond acceptors (Lipinski definition) is 5. The van der Waals surface area contributed by atoms with Gasteiger partial charge >= 0.3 is 6.09 Å². The summed E-state index contributed by atoms with van der Waals surface area (Å²) in [6.45, 7) is 8.49. The number of aromatic nitrogens is 2. The Kier molecular flexibility index (Phi) is 9.36. The maximum atomic E-state index is 14.2. The van der Waals surface area contributed by atoms with Crippen LogP contribution in [0.5, 0.6) is 5.75 Å². The molecule has 2 heterocycles. The number of alkyl carbamates (subject to hydrolysis) is 1. The molecule has 2 amide bonds. The zero-order valence-corrected chi connectivity index (χ0v) is 24.8. The lowest BCUT2D eigenvalue weighted by molar-refractivity contribution is -0.119. The summed E-state index contributed by atoms with van der Waals surface area (Å²) in [6.07, 6.45) is 1.45. The van der Waals surface area contributed by atoms with E-state index in [1.807, 2.05) is 19.1 Å². The normalized spacial score (nSPS) is 12.2. The number of anilines is 1. The molecule has 8 nitrogen and oxygen atoms in total. The van der Waals surface area contributed by atoms with Crippen molar-refractivity contribution >= 4 is 35.1 Å². The van der Waals surface area contributed by atoms with E-state index in [4.69, 9.17) is 21.1 Å². The first-order chi connectivity index (χ1) is 19.8. The number of aryl methyl sites for hydroxylation is 2. The van der Waals surface area contributed by atoms with Crippen molar-refractivity contribution in [3.63, 3.8) is 0 Å². The average molecular weight is 599 g/mol. The number of pyridine rings is 1. The van der Waals surface area contributed by atoms with Crippen molar-refractivity contribution in [2.45, 2.75) is 53.2 Å². The fraction of sp³-hybridized carbons (Fsp3) is 0.323. The Bertz CT molecular complexity index is 1580. The molecule has 0 radical (unpaired) electrons. The number of carbonyl (C=O) groups excluding carboxylic acids is 2. The van der Waals surface area contributed by atoms with Gasteiger partial charge in [0.25, 0.3) is 0 Å². The minimum Gasteiger partial charge on any atom is -0.485 e. The molecular formula is C31H33ClF2N4O4. The van der Waals surface area contributed by atoms with Gasteiger partial charge in [-0.3, -0.25) is 9.20 Å². The predicted molar refractivity (Wildman–Crippen MR) is 157 cm³/mol. The number of rotatable bonds is 9. The van der Waals surface area contributed by atoms with Crippen LogP contribution in [0.1, 0.15) is 43.2 Å². The molecule has 0 fully saturated rings. The first-order valence-corrected chi connectivity index (χ1v) is 13.8. The number of fused-ring (bicyclic) bond motifs is 1. The summed E-state index contributed by atoms with van der Waals surface area (Å²) in [5, 5.41) is 6.21. The number of benzene rings is 2. The summed E-state index contributed by atoms with van der Waals surface area (Å²) in [5.74, 6) is -1.75. The number of nitrogens with one attached hydrogen (secondary N) is 2. The SMILES string of the molecule is Cc1cc(OCc2c(F)cccc2F)c2nc(C)c(NC(=O)C(CNC(=O)OC(C)(C)C)Cc3ccc(Cl)cc3)n2c1. The highest BCUT2D eigenvalue weighted by molar-refractivity contribution is 6.30. The molecule has 0 saturated carbocycles. The van der Waals surface area contributed by atoms with E-state index in [0.29, 0.717) is 34.4 Å². The fourth-order valence-corrected chi connectivity index (χ4v) is 4.46. The van der Waals surface area contributed by atoms with Crippen molar-refractivity contribution in [3.8, 4) is 5.75 Å². The summed E-state index contributed by atoms with van der Waals surface area (Å²) in [6, 6.07) is 12.4. The number of imidazole rings is 1. The topological polar surface area (TPSA) is 94.0 Å². The van der Waals surface area contributed by atoms with Crippen LogP contribution in [0.3, 0.4) is 0 Å². The third-order valence-corrected chi connectivity index (χ3v) is 6.58. The zero-order chi connectivity index (χ0) is 30.6. The Hall–Kier alpha value is -4.18. The molecule has 42 heavy (non-hydrogen) atoms. The van der Waals surface area contributed by atoms with Gasteiger partial charge in [-0.25, -0.2) is 18.6 Å². The van der Waals surface area contributed by atoms with Crippen molar-refractivity contribution in [2.75, 3.05) is 11.9 Å². The lowest BCUT2D eigenvalue weighted by Gasteiger charge is -2.22. The second-order valence-electron chi connectivity index (χ2n) is 11.0. The van der Waals surface area contributed by atoms with Gasteiger partial charge in [-0.1, -0.05) is 29.8 Å². The van der Waals surface area contributed by atoms with Gasteiger partial charge in [-0.05, 0) is 82.5 Å². The highest BCUT2D eigenvalue weighted by Crippen LogP contribution is 2.28. The van der Waals surface area contributed by atoms with Gasteiger partial charge in [0.15, 0.2) is 11.4 Å². The minimum atomic E-state index is -0.710. The fourth-order valence-electron chi connectivity index (χ4n) is 4.34. The van der Waals surface area contributed by atoms with Gasteiger partial charge in [0.2, 0.25) is 5.91 Å². The van der Waals surface area contributed by atoms with Crippen molar-refractivity contribution in [2.24, 2.45) is 5.92 Å². The Morgan fingerprint density at radius 3 is 2.38 bits per heavy atom. The van der Waals surface area contributed by atoms with Crippen LogP contribution in [0, 0.1) is 31.4 Å². The smallest absolute Gasteiger partial charge is 0.407 e. The molecule has 4 aromatic rings. The third kappa shape index (κ3) is 7.76. The van der Waals surface area contributed by atoms with Gasteiger partial charge < -0.3 is 20.1 Å². The molecular weight excluding hydrogens is 566 g/mol. The van der Waals surface area contributed by atoms with Crippen molar-refractivity contribution in [1.29, 1.82) is 0 Å². The van der Waals surface area contributed by atoms with E-state index in [1.54, 1.807) is 56.5 Å². The maximum absolute atomic E-state index is 14.2. The third-order valence-electron chi connectivity index (χ3n) is 6.33. The second-order valence-corrected chi connectivity index (χ2v) is 11.4. The van der Waals surface area contributed by atoms with E-state index < -0.39 is 29.2 Å². The van der Waals surface area contributed by atoms with Crippen LogP contribution < -0.4 is 15.4 Å². The Labute approximate surface area is 248 Å². The summed E-state index contributed by atoms with van der Waals surface area (Å²) in [4.78, 5) is 30.6. The van der Waals surface area contributed by atoms with Gasteiger partial charge in [0.05, 0.1) is 17.2 Å². The van der Waals surface area contributed by atoms with Crippen LogP contribution in [0.25, 0.3) is 5.65 Å². The first-order valence-electron chi connectivity index (χ1n) is 13.4. The molecule has 2 N–H and O–H groups in total. The molecule has 1 unspecified atom stereocenters. The highest BCUT2D eigenvalue weighted by atomic mass is 35.5. The lowest BCUT2D eigenvalue weighted by atomic mass is 9.98. The summed E-state index contributed by atoms with van der Waals surface area (Å²) in [7, 11) is 0. The van der Waals surface area contributed by atoms with E-state index in [0.717, 1.165) is 11.1 Å². The number of halogens is 3. The van der Waals surface area contributed by atoms with Gasteiger partial charge in [-0.2, -0.15) is 0 Å². The molecule has 0 saturated heterocycles. The van der Waals surface area contributed by atoms with Crippen LogP contribution in [-0.2, 0) is 22.6 Å². The van der Waals surface area contributed by atoms with E-state index >= 15 is 0 Å². The Morgan fingerprint density at radius 2 is 1.74 bits per heavy atom. The Morgan fingerprint density at radius 1 is 1.07 bits per heavy atom. The predicted octanol–water partition coefficient (Wildman–Crippen LogP) is 6.78. The molecule has 0 spiro atoms. The summed E-state index contributed by atoms with van der Waals surface area (Å²) in [5.41, 5.74) is 1.60. The molecule has 1 atom stereocenters. The number of nitrogens with zero attached hydrogens (tertiary/aromatic N) is 2. The van der Waals surface area contributed by atoms with Crippen molar-refractivity contribution in [3.05, 3.63) is 93.8 Å². The van der Waals surface area contributed by atoms with E-state index in [9.17, 15) is 18.4 Å². The van der Waals surface area contributed by atoms with E-state index in [1.165, 1.54) is 18.2 Å². The van der Waals surface area contributed by atoms with Gasteiger partial charge in [0, 0.05) is 17.8 Å². The van der Waals surface area contributed by atoms with Crippen LogP contribution in [-0.4, -0.2) is 33.5 Å². The molecule has 0 aliphatic heterocycles. The molecule has 0 aliphatic carbocycles. The molecule has 0 bridgehead atoms. The average Bonchev–Trinajstić information content (AvgIpc) is 3.20. The van der Waals surface area contributed by atoms with E-state index in [2.05, 4.69) is 15.6 Å². The number of carbonyl (C=O) groups is 2. The van der Waals surface area contributed by atoms with E-state index in [-0.39, 0.29) is 24.6 Å². The second kappa shape index (κ2) is 12.8. The quantitative estimate of drug-likeness (QED) is 0.221. The molecule has 0 aliphatic rings. The zero-order valence-electron chi connectivity index (χ0n) is 24.1. The lowest BCUT2D eigenvalue weighted by Crippen LogP contribution is -2.39. The summed E-state index contributed by atoms with van der Waals surface area (Å²) < 4.78 is 41.2. The number of ether oxygens (including phenoxy) is 2. The highest BCUT2D eigenvalue weighted by Gasteiger charge is 2.25. The van der Waals surface area contributed by atoms with Gasteiger partial charge in [0.1, 0.15) is 29.7 Å². The molecule has 2 aromatic heterocycles. The molecule has 4 rings (SSSR count). The minimum absolute atomic E-state index is 0.0146. The van der Waals surface area contributed by atoms with Crippen molar-refractivity contribution < 1.29 is 27.8 Å². The molecule has 222 valence electrons. The summed E-state index contributed by atoms with van der Waals surface area (Å²) >= 11 is 6.03. The standard InChI is InChI=1S/C31H33ClF2N4O4/c1-18-13-26(41-17-23-24(33)7-6-8-25(23)34)28-36-19(2)27(38(28)16-18)37-29(39)21(14-20-9-11-22(32)12-10-20)15-35-30(40)42-31(3,4)5/h6-13,16,21H,14-15,17H2,1-5H3,(H,35,40)(H,37,39). The first kappa shape index (κ1) is 30.8. The number of amides is 2. The Balaban J connectivity index is 1.59. The molecule has 2 aromatic carbocycles. The number of hydrogen-bond donors (Lipinski definition) is 2. The monoisotopic (exact) mass is 598 g/mol.